The van der Waals surface area contributed by atoms with E-state index in [-0.39, 0.29) is 5.56 Å². The van der Waals surface area contributed by atoms with Crippen molar-refractivity contribution in [1.82, 2.24) is 4.57 Å². The molecule has 0 spiro atoms. The SMILES string of the molecule is CCCCc1ccc(-n2cc(C(=O)O)c(=O)c3ccccc32)cc1CN. The first-order valence-corrected chi connectivity index (χ1v) is 8.76. The maximum atomic E-state index is 12.4. The summed E-state index contributed by atoms with van der Waals surface area (Å²) in [5.74, 6) is -1.23. The minimum atomic E-state index is -1.23. The zero-order valence-corrected chi connectivity index (χ0v) is 14.7. The number of aryl methyl sites for hydroxylation is 1. The third-order valence-electron chi connectivity index (χ3n) is 4.63. The molecule has 0 atom stereocenters. The summed E-state index contributed by atoms with van der Waals surface area (Å²) in [6, 6.07) is 13.0. The Labute approximate surface area is 151 Å². The first kappa shape index (κ1) is 17.9. The van der Waals surface area contributed by atoms with E-state index in [4.69, 9.17) is 5.73 Å². The van der Waals surface area contributed by atoms with Gasteiger partial charge in [-0.1, -0.05) is 31.5 Å². The molecule has 0 radical (unpaired) electrons. The van der Waals surface area contributed by atoms with Crippen molar-refractivity contribution in [2.45, 2.75) is 32.7 Å². The van der Waals surface area contributed by atoms with E-state index in [1.54, 1.807) is 16.7 Å². The number of carbonyl (C=O) groups is 1. The zero-order chi connectivity index (χ0) is 18.7. The number of pyridine rings is 1. The predicted octanol–water partition coefficient (Wildman–Crippen LogP) is 3.49. The molecule has 5 heteroatoms. The molecule has 0 amide bonds. The van der Waals surface area contributed by atoms with Crippen LogP contribution in [0.15, 0.2) is 53.5 Å². The summed E-state index contributed by atoms with van der Waals surface area (Å²) >= 11 is 0. The lowest BCUT2D eigenvalue weighted by Gasteiger charge is -2.15. The molecule has 0 aliphatic heterocycles. The number of benzene rings is 2. The van der Waals surface area contributed by atoms with Crippen LogP contribution in [-0.2, 0) is 13.0 Å². The van der Waals surface area contributed by atoms with Crippen LogP contribution < -0.4 is 11.2 Å². The number of hydrogen-bond donors (Lipinski definition) is 2. The highest BCUT2D eigenvalue weighted by Crippen LogP contribution is 2.21. The minimum Gasteiger partial charge on any atom is -0.477 e. The number of carboxylic acid groups (broad SMARTS) is 1. The lowest BCUT2D eigenvalue weighted by molar-refractivity contribution is 0.0695. The van der Waals surface area contributed by atoms with Crippen molar-refractivity contribution >= 4 is 16.9 Å². The molecule has 0 fully saturated rings. The van der Waals surface area contributed by atoms with Gasteiger partial charge in [0.2, 0.25) is 5.43 Å². The normalized spacial score (nSPS) is 11.0. The van der Waals surface area contributed by atoms with Gasteiger partial charge in [0.05, 0.1) is 5.52 Å². The van der Waals surface area contributed by atoms with Gasteiger partial charge in [-0.15, -0.1) is 0 Å². The van der Waals surface area contributed by atoms with E-state index >= 15 is 0 Å². The highest BCUT2D eigenvalue weighted by atomic mass is 16.4. The van der Waals surface area contributed by atoms with E-state index in [0.717, 1.165) is 30.5 Å². The molecule has 0 saturated heterocycles. The van der Waals surface area contributed by atoms with Crippen molar-refractivity contribution in [2.75, 3.05) is 0 Å². The van der Waals surface area contributed by atoms with Gasteiger partial charge in [0.1, 0.15) is 5.56 Å². The van der Waals surface area contributed by atoms with Crippen LogP contribution in [0.25, 0.3) is 16.6 Å². The van der Waals surface area contributed by atoms with Crippen LogP contribution in [0.3, 0.4) is 0 Å². The Balaban J connectivity index is 2.23. The highest BCUT2D eigenvalue weighted by Gasteiger charge is 2.15. The number of nitrogens with two attached hydrogens (primary N) is 1. The standard InChI is InChI=1S/C21H22N2O3/c1-2-3-6-14-9-10-16(11-15(14)12-22)23-13-18(21(25)26)20(24)17-7-4-5-8-19(17)23/h4-5,7-11,13H,2-3,6,12,22H2,1H3,(H,25,26). The summed E-state index contributed by atoms with van der Waals surface area (Å²) in [5.41, 5.74) is 8.94. The molecule has 5 nitrogen and oxygen atoms in total. The Morgan fingerprint density at radius 1 is 1.15 bits per heavy atom. The molecule has 134 valence electrons. The summed E-state index contributed by atoms with van der Waals surface area (Å²) < 4.78 is 1.75. The Kier molecular flexibility index (Phi) is 5.19. The van der Waals surface area contributed by atoms with Crippen molar-refractivity contribution in [1.29, 1.82) is 0 Å². The summed E-state index contributed by atoms with van der Waals surface area (Å²) in [5, 5.41) is 9.79. The summed E-state index contributed by atoms with van der Waals surface area (Å²) in [6.45, 7) is 2.56. The van der Waals surface area contributed by atoms with Gasteiger partial charge in [-0.05, 0) is 48.2 Å². The van der Waals surface area contributed by atoms with Crippen LogP contribution in [0.5, 0.6) is 0 Å². The molecule has 3 N–H and O–H groups in total. The Morgan fingerprint density at radius 3 is 2.62 bits per heavy atom. The van der Waals surface area contributed by atoms with Crippen LogP contribution in [0, 0.1) is 0 Å². The van der Waals surface area contributed by atoms with Crippen molar-refractivity contribution in [2.24, 2.45) is 5.73 Å². The summed E-state index contributed by atoms with van der Waals surface area (Å²) in [6.07, 6.45) is 4.57. The molecule has 1 heterocycles. The van der Waals surface area contributed by atoms with Crippen molar-refractivity contribution < 1.29 is 9.90 Å². The maximum Gasteiger partial charge on any atom is 0.341 e. The molecule has 0 aliphatic rings. The summed E-state index contributed by atoms with van der Waals surface area (Å²) in [7, 11) is 0. The Hall–Kier alpha value is -2.92. The number of aromatic carboxylic acids is 1. The fourth-order valence-corrected chi connectivity index (χ4v) is 3.21. The first-order valence-electron chi connectivity index (χ1n) is 8.76. The number of fused-ring (bicyclic) bond motifs is 1. The van der Waals surface area contributed by atoms with E-state index in [2.05, 4.69) is 6.92 Å². The lowest BCUT2D eigenvalue weighted by atomic mass is 10.0. The second-order valence-electron chi connectivity index (χ2n) is 6.32. The van der Waals surface area contributed by atoms with Gasteiger partial charge in [-0.2, -0.15) is 0 Å². The number of hydrogen-bond acceptors (Lipinski definition) is 3. The first-order chi connectivity index (χ1) is 12.6. The summed E-state index contributed by atoms with van der Waals surface area (Å²) in [4.78, 5) is 23.9. The average molecular weight is 350 g/mol. The van der Waals surface area contributed by atoms with Gasteiger partial charge < -0.3 is 15.4 Å². The number of rotatable bonds is 6. The molecule has 0 aliphatic carbocycles. The molecular weight excluding hydrogens is 328 g/mol. The van der Waals surface area contributed by atoms with Crippen LogP contribution in [0.2, 0.25) is 0 Å². The van der Waals surface area contributed by atoms with E-state index < -0.39 is 11.4 Å². The quantitative estimate of drug-likeness (QED) is 0.712. The monoisotopic (exact) mass is 350 g/mol. The average Bonchev–Trinajstić information content (AvgIpc) is 2.66. The lowest BCUT2D eigenvalue weighted by Crippen LogP contribution is -2.18. The number of carboxylic acids is 1. The smallest absolute Gasteiger partial charge is 0.341 e. The molecule has 2 aromatic carbocycles. The maximum absolute atomic E-state index is 12.4. The highest BCUT2D eigenvalue weighted by molar-refractivity contribution is 5.93. The Morgan fingerprint density at radius 2 is 1.92 bits per heavy atom. The third kappa shape index (κ3) is 3.26. The molecule has 0 saturated carbocycles. The van der Waals surface area contributed by atoms with Crippen molar-refractivity contribution in [3.63, 3.8) is 0 Å². The van der Waals surface area contributed by atoms with Crippen molar-refractivity contribution in [3.05, 3.63) is 75.6 Å². The predicted molar refractivity (Wildman–Crippen MR) is 103 cm³/mol. The minimum absolute atomic E-state index is 0.243. The van der Waals surface area contributed by atoms with E-state index in [1.807, 2.05) is 30.3 Å². The fourth-order valence-electron chi connectivity index (χ4n) is 3.21. The Bertz CT molecular complexity index is 1020. The van der Waals surface area contributed by atoms with Gasteiger partial charge in [0.15, 0.2) is 0 Å². The number of para-hydroxylation sites is 1. The van der Waals surface area contributed by atoms with Crippen LogP contribution in [0.4, 0.5) is 0 Å². The van der Waals surface area contributed by atoms with Gasteiger partial charge in [0.25, 0.3) is 0 Å². The van der Waals surface area contributed by atoms with E-state index in [1.165, 1.54) is 11.8 Å². The molecular formula is C21H22N2O3. The zero-order valence-electron chi connectivity index (χ0n) is 14.7. The molecule has 0 unspecified atom stereocenters. The number of nitrogens with zero attached hydrogens (tertiary/aromatic N) is 1. The van der Waals surface area contributed by atoms with Crippen molar-refractivity contribution in [3.8, 4) is 5.69 Å². The van der Waals surface area contributed by atoms with Crippen LogP contribution >= 0.6 is 0 Å². The molecule has 0 bridgehead atoms. The van der Waals surface area contributed by atoms with Gasteiger partial charge in [-0.3, -0.25) is 4.79 Å². The fraction of sp³-hybridized carbons (Fsp3) is 0.238. The second kappa shape index (κ2) is 7.54. The third-order valence-corrected chi connectivity index (χ3v) is 4.63. The van der Waals surface area contributed by atoms with Crippen LogP contribution in [0.1, 0.15) is 41.3 Å². The molecule has 3 rings (SSSR count). The van der Waals surface area contributed by atoms with Crippen LogP contribution in [-0.4, -0.2) is 15.6 Å². The van der Waals surface area contributed by atoms with E-state index in [9.17, 15) is 14.7 Å². The van der Waals surface area contributed by atoms with E-state index in [0.29, 0.717) is 17.4 Å². The van der Waals surface area contributed by atoms with Gasteiger partial charge in [0, 0.05) is 23.8 Å². The number of aromatic nitrogens is 1. The molecule has 3 aromatic rings. The van der Waals surface area contributed by atoms with Gasteiger partial charge >= 0.3 is 5.97 Å². The molecule has 26 heavy (non-hydrogen) atoms. The number of unbranched alkanes of at least 4 members (excludes halogenated alkanes) is 1. The molecule has 1 aromatic heterocycles. The topological polar surface area (TPSA) is 85.3 Å². The van der Waals surface area contributed by atoms with Gasteiger partial charge in [-0.25, -0.2) is 4.79 Å². The largest absolute Gasteiger partial charge is 0.477 e. The second-order valence-corrected chi connectivity index (χ2v) is 6.32.